The SMILES string of the molecule is CCC(O)(CC)CNc1cccc(N)c1C. The molecule has 0 amide bonds. The number of rotatable bonds is 5. The molecule has 1 rings (SSSR count). The molecule has 0 radical (unpaired) electrons. The van der Waals surface area contributed by atoms with Gasteiger partial charge in [0.05, 0.1) is 5.60 Å². The molecular weight excluding hydrogens is 200 g/mol. The van der Waals surface area contributed by atoms with E-state index in [0.29, 0.717) is 6.54 Å². The predicted molar refractivity (Wildman–Crippen MR) is 69.6 cm³/mol. The van der Waals surface area contributed by atoms with E-state index >= 15 is 0 Å². The van der Waals surface area contributed by atoms with Crippen LogP contribution in [0.15, 0.2) is 18.2 Å². The lowest BCUT2D eigenvalue weighted by Gasteiger charge is -2.26. The average Bonchev–Trinajstić information content (AvgIpc) is 2.31. The van der Waals surface area contributed by atoms with Gasteiger partial charge in [-0.15, -0.1) is 0 Å². The van der Waals surface area contributed by atoms with E-state index in [-0.39, 0.29) is 0 Å². The van der Waals surface area contributed by atoms with Crippen LogP contribution in [0.4, 0.5) is 11.4 Å². The molecule has 0 aliphatic carbocycles. The lowest BCUT2D eigenvalue weighted by Crippen LogP contribution is -2.35. The first-order valence-corrected chi connectivity index (χ1v) is 5.83. The Morgan fingerprint density at radius 3 is 2.50 bits per heavy atom. The van der Waals surface area contributed by atoms with Crippen molar-refractivity contribution in [1.29, 1.82) is 0 Å². The van der Waals surface area contributed by atoms with Gasteiger partial charge in [0, 0.05) is 17.9 Å². The third-order valence-electron chi connectivity index (χ3n) is 3.30. The molecule has 4 N–H and O–H groups in total. The van der Waals surface area contributed by atoms with Crippen molar-refractivity contribution in [3.05, 3.63) is 23.8 Å². The average molecular weight is 222 g/mol. The van der Waals surface area contributed by atoms with Crippen LogP contribution in [-0.4, -0.2) is 17.3 Å². The van der Waals surface area contributed by atoms with E-state index in [4.69, 9.17) is 5.73 Å². The number of aliphatic hydroxyl groups is 1. The first kappa shape index (κ1) is 12.8. The van der Waals surface area contributed by atoms with Crippen molar-refractivity contribution in [1.82, 2.24) is 0 Å². The third-order valence-corrected chi connectivity index (χ3v) is 3.30. The Bertz CT molecular complexity index is 346. The van der Waals surface area contributed by atoms with Crippen molar-refractivity contribution < 1.29 is 5.11 Å². The van der Waals surface area contributed by atoms with Gasteiger partial charge in [-0.25, -0.2) is 0 Å². The second-order valence-electron chi connectivity index (χ2n) is 4.30. The summed E-state index contributed by atoms with van der Waals surface area (Å²) in [5.74, 6) is 0. The molecule has 0 heterocycles. The van der Waals surface area contributed by atoms with Crippen LogP contribution >= 0.6 is 0 Å². The standard InChI is InChI=1S/C13H22N2O/c1-4-13(16,5-2)9-15-12-8-6-7-11(14)10(12)3/h6-8,15-16H,4-5,9,14H2,1-3H3. The highest BCUT2D eigenvalue weighted by Gasteiger charge is 2.21. The summed E-state index contributed by atoms with van der Waals surface area (Å²) in [5.41, 5.74) is 8.01. The molecule has 0 aliphatic heterocycles. The summed E-state index contributed by atoms with van der Waals surface area (Å²) in [6, 6.07) is 5.78. The Labute approximate surface area is 97.7 Å². The van der Waals surface area contributed by atoms with Gasteiger partial charge in [0.1, 0.15) is 0 Å². The zero-order chi connectivity index (χ0) is 12.2. The molecule has 0 saturated heterocycles. The fourth-order valence-corrected chi connectivity index (χ4v) is 1.60. The van der Waals surface area contributed by atoms with Crippen molar-refractivity contribution in [3.63, 3.8) is 0 Å². The molecule has 0 spiro atoms. The molecule has 0 unspecified atom stereocenters. The number of nitrogen functional groups attached to an aromatic ring is 1. The number of hydrogen-bond acceptors (Lipinski definition) is 3. The van der Waals surface area contributed by atoms with Crippen LogP contribution in [0.3, 0.4) is 0 Å². The van der Waals surface area contributed by atoms with Crippen LogP contribution in [0.5, 0.6) is 0 Å². The first-order valence-electron chi connectivity index (χ1n) is 5.83. The number of benzene rings is 1. The molecule has 0 aliphatic rings. The number of anilines is 2. The third kappa shape index (κ3) is 2.89. The summed E-state index contributed by atoms with van der Waals surface area (Å²) in [6.45, 7) is 6.54. The Kier molecular flexibility index (Phi) is 4.19. The van der Waals surface area contributed by atoms with Crippen molar-refractivity contribution in [3.8, 4) is 0 Å². The van der Waals surface area contributed by atoms with Gasteiger partial charge in [-0.1, -0.05) is 19.9 Å². The maximum absolute atomic E-state index is 10.2. The van der Waals surface area contributed by atoms with Gasteiger partial charge in [0.25, 0.3) is 0 Å². The minimum absolute atomic E-state index is 0.560. The normalized spacial score (nSPS) is 11.5. The van der Waals surface area contributed by atoms with Crippen LogP contribution in [-0.2, 0) is 0 Å². The Hall–Kier alpha value is -1.22. The van der Waals surface area contributed by atoms with Crippen molar-refractivity contribution in [2.75, 3.05) is 17.6 Å². The molecule has 0 aromatic heterocycles. The molecule has 0 saturated carbocycles. The molecule has 1 aromatic rings. The van der Waals surface area contributed by atoms with Crippen LogP contribution in [0.25, 0.3) is 0 Å². The smallest absolute Gasteiger partial charge is 0.0814 e. The van der Waals surface area contributed by atoms with Crippen LogP contribution in [0, 0.1) is 6.92 Å². The van der Waals surface area contributed by atoms with Gasteiger partial charge < -0.3 is 16.2 Å². The minimum atomic E-state index is -0.628. The fraction of sp³-hybridized carbons (Fsp3) is 0.538. The Morgan fingerprint density at radius 1 is 1.31 bits per heavy atom. The molecule has 16 heavy (non-hydrogen) atoms. The molecule has 1 aromatic carbocycles. The Balaban J connectivity index is 2.71. The number of nitrogens with two attached hydrogens (primary N) is 1. The van der Waals surface area contributed by atoms with Crippen molar-refractivity contribution in [2.45, 2.75) is 39.2 Å². The molecular formula is C13H22N2O. The predicted octanol–water partition coefficient (Wildman–Crippen LogP) is 2.54. The molecule has 0 atom stereocenters. The van der Waals surface area contributed by atoms with Gasteiger partial charge in [-0.3, -0.25) is 0 Å². The topological polar surface area (TPSA) is 58.3 Å². The quantitative estimate of drug-likeness (QED) is 0.671. The highest BCUT2D eigenvalue weighted by Crippen LogP contribution is 2.22. The summed E-state index contributed by atoms with van der Waals surface area (Å²) in [4.78, 5) is 0. The van der Waals surface area contributed by atoms with Gasteiger partial charge in [-0.2, -0.15) is 0 Å². The summed E-state index contributed by atoms with van der Waals surface area (Å²) in [7, 11) is 0. The van der Waals surface area contributed by atoms with E-state index in [9.17, 15) is 5.11 Å². The summed E-state index contributed by atoms with van der Waals surface area (Å²) < 4.78 is 0. The van der Waals surface area contributed by atoms with Gasteiger partial charge in [0.2, 0.25) is 0 Å². The highest BCUT2D eigenvalue weighted by atomic mass is 16.3. The monoisotopic (exact) mass is 222 g/mol. The molecule has 90 valence electrons. The van der Waals surface area contributed by atoms with E-state index in [2.05, 4.69) is 5.32 Å². The minimum Gasteiger partial charge on any atom is -0.398 e. The fourth-order valence-electron chi connectivity index (χ4n) is 1.60. The summed E-state index contributed by atoms with van der Waals surface area (Å²) in [5, 5.41) is 13.4. The van der Waals surface area contributed by atoms with Crippen molar-refractivity contribution >= 4 is 11.4 Å². The maximum Gasteiger partial charge on any atom is 0.0814 e. The lowest BCUT2D eigenvalue weighted by atomic mass is 9.97. The summed E-state index contributed by atoms with van der Waals surface area (Å²) in [6.07, 6.45) is 1.50. The van der Waals surface area contributed by atoms with E-state index in [1.165, 1.54) is 0 Å². The van der Waals surface area contributed by atoms with Gasteiger partial charge in [0.15, 0.2) is 0 Å². The van der Waals surface area contributed by atoms with Crippen molar-refractivity contribution in [2.24, 2.45) is 0 Å². The second-order valence-corrected chi connectivity index (χ2v) is 4.30. The van der Waals surface area contributed by atoms with Crippen LogP contribution < -0.4 is 11.1 Å². The first-order chi connectivity index (χ1) is 7.52. The molecule has 0 fully saturated rings. The molecule has 3 heteroatoms. The second kappa shape index (κ2) is 5.21. The van der Waals surface area contributed by atoms with Gasteiger partial charge >= 0.3 is 0 Å². The highest BCUT2D eigenvalue weighted by molar-refractivity contribution is 5.62. The zero-order valence-corrected chi connectivity index (χ0v) is 10.4. The van der Waals surface area contributed by atoms with E-state index in [1.54, 1.807) is 0 Å². The van der Waals surface area contributed by atoms with E-state index in [0.717, 1.165) is 29.8 Å². The number of hydrogen-bond donors (Lipinski definition) is 3. The summed E-state index contributed by atoms with van der Waals surface area (Å²) >= 11 is 0. The lowest BCUT2D eigenvalue weighted by molar-refractivity contribution is 0.0457. The molecule has 3 nitrogen and oxygen atoms in total. The Morgan fingerprint density at radius 2 is 1.94 bits per heavy atom. The van der Waals surface area contributed by atoms with E-state index in [1.807, 2.05) is 39.0 Å². The zero-order valence-electron chi connectivity index (χ0n) is 10.4. The van der Waals surface area contributed by atoms with E-state index < -0.39 is 5.60 Å². The molecule has 0 bridgehead atoms. The van der Waals surface area contributed by atoms with Gasteiger partial charge in [-0.05, 0) is 37.5 Å². The largest absolute Gasteiger partial charge is 0.398 e. The number of nitrogens with one attached hydrogen (secondary N) is 1. The van der Waals surface area contributed by atoms with Crippen LogP contribution in [0.2, 0.25) is 0 Å². The maximum atomic E-state index is 10.2. The van der Waals surface area contributed by atoms with Crippen LogP contribution in [0.1, 0.15) is 32.3 Å².